The summed E-state index contributed by atoms with van der Waals surface area (Å²) in [4.78, 5) is 0.0639. The molecule has 24 heavy (non-hydrogen) atoms. The lowest BCUT2D eigenvalue weighted by atomic mass is 10.3. The summed E-state index contributed by atoms with van der Waals surface area (Å²) in [6.07, 6.45) is 1.68. The quantitative estimate of drug-likeness (QED) is 0.625. The Labute approximate surface area is 154 Å². The van der Waals surface area contributed by atoms with Gasteiger partial charge in [-0.3, -0.25) is 4.72 Å². The minimum atomic E-state index is -3.77. The second-order valence-corrected chi connectivity index (χ2v) is 10.1. The first kappa shape index (κ1) is 17.6. The summed E-state index contributed by atoms with van der Waals surface area (Å²) < 4.78 is 54.9. The first-order valence-electron chi connectivity index (χ1n) is 7.17. The van der Waals surface area contributed by atoms with E-state index in [2.05, 4.69) is 32.0 Å². The highest BCUT2D eigenvalue weighted by Crippen LogP contribution is 2.23. The van der Waals surface area contributed by atoms with Crippen molar-refractivity contribution in [1.82, 2.24) is 4.72 Å². The molecule has 128 valence electrons. The molecule has 0 spiro atoms. The maximum atomic E-state index is 12.4. The second kappa shape index (κ2) is 6.62. The van der Waals surface area contributed by atoms with Crippen LogP contribution in [-0.2, 0) is 20.0 Å². The molecule has 0 bridgehead atoms. The van der Waals surface area contributed by atoms with Gasteiger partial charge < -0.3 is 0 Å². The van der Waals surface area contributed by atoms with Gasteiger partial charge in [-0.2, -0.15) is 0 Å². The van der Waals surface area contributed by atoms with Gasteiger partial charge in [-0.25, -0.2) is 21.6 Å². The molecule has 0 saturated heterocycles. The number of hydrogen-bond acceptors (Lipinski definition) is 4. The van der Waals surface area contributed by atoms with Crippen LogP contribution in [0.3, 0.4) is 0 Å². The van der Waals surface area contributed by atoms with Gasteiger partial charge in [-0.1, -0.05) is 0 Å². The van der Waals surface area contributed by atoms with E-state index < -0.39 is 20.0 Å². The molecule has 0 unspecified atom stereocenters. The number of hydrogen-bond donors (Lipinski definition) is 2. The fraction of sp³-hybridized carbons (Fsp3) is 0.200. The zero-order valence-electron chi connectivity index (χ0n) is 12.4. The van der Waals surface area contributed by atoms with E-state index >= 15 is 0 Å². The average molecular weight is 478 g/mol. The van der Waals surface area contributed by atoms with Crippen molar-refractivity contribution in [2.75, 3.05) is 4.72 Å². The van der Waals surface area contributed by atoms with E-state index in [1.54, 1.807) is 24.3 Å². The predicted molar refractivity (Wildman–Crippen MR) is 99.8 cm³/mol. The van der Waals surface area contributed by atoms with E-state index in [9.17, 15) is 16.8 Å². The van der Waals surface area contributed by atoms with E-state index in [4.69, 9.17) is 0 Å². The summed E-state index contributed by atoms with van der Waals surface area (Å²) in [5.74, 6) is 0. The lowest BCUT2D eigenvalue weighted by Crippen LogP contribution is -2.25. The number of nitrogens with one attached hydrogen (secondary N) is 2. The zero-order valence-corrected chi connectivity index (χ0v) is 16.2. The molecular formula is C15H15IN2O4S2. The Balaban J connectivity index is 1.80. The van der Waals surface area contributed by atoms with Crippen molar-refractivity contribution >= 4 is 48.3 Å². The molecule has 0 radical (unpaired) electrons. The third kappa shape index (κ3) is 4.26. The van der Waals surface area contributed by atoms with Crippen LogP contribution in [-0.4, -0.2) is 22.9 Å². The Morgan fingerprint density at radius 2 is 1.29 bits per heavy atom. The molecule has 1 saturated carbocycles. The van der Waals surface area contributed by atoms with Crippen molar-refractivity contribution in [2.24, 2.45) is 0 Å². The molecule has 1 aliphatic carbocycles. The molecule has 3 rings (SSSR count). The Kier molecular flexibility index (Phi) is 4.87. The van der Waals surface area contributed by atoms with Crippen LogP contribution in [0.15, 0.2) is 58.3 Å². The molecule has 6 nitrogen and oxygen atoms in total. The highest BCUT2D eigenvalue weighted by Gasteiger charge is 2.28. The lowest BCUT2D eigenvalue weighted by Gasteiger charge is -2.09. The first-order chi connectivity index (χ1) is 11.3. The molecule has 0 heterocycles. The third-order valence-corrected chi connectivity index (χ3v) is 7.09. The smallest absolute Gasteiger partial charge is 0.261 e. The van der Waals surface area contributed by atoms with Gasteiger partial charge in [0.15, 0.2) is 0 Å². The molecule has 1 fully saturated rings. The van der Waals surface area contributed by atoms with Gasteiger partial charge in [-0.05, 0) is 84.0 Å². The Morgan fingerprint density at radius 3 is 1.79 bits per heavy atom. The summed E-state index contributed by atoms with van der Waals surface area (Å²) in [5.41, 5.74) is 0.447. The van der Waals surface area contributed by atoms with Crippen molar-refractivity contribution in [3.63, 3.8) is 0 Å². The maximum Gasteiger partial charge on any atom is 0.261 e. The summed E-state index contributed by atoms with van der Waals surface area (Å²) in [6.45, 7) is 0. The van der Waals surface area contributed by atoms with E-state index in [-0.39, 0.29) is 15.8 Å². The van der Waals surface area contributed by atoms with Crippen molar-refractivity contribution < 1.29 is 16.8 Å². The predicted octanol–water partition coefficient (Wildman–Crippen LogP) is 2.53. The molecule has 0 aromatic heterocycles. The van der Waals surface area contributed by atoms with Crippen molar-refractivity contribution in [2.45, 2.75) is 28.7 Å². The number of sulfonamides is 2. The molecule has 2 N–H and O–H groups in total. The summed E-state index contributed by atoms with van der Waals surface area (Å²) in [5, 5.41) is 0. The SMILES string of the molecule is O=S(=O)(Nc1ccc(I)cc1)c1ccc(S(=O)(=O)NC2CC2)cc1. The van der Waals surface area contributed by atoms with Gasteiger partial charge in [0.05, 0.1) is 9.79 Å². The molecule has 0 aliphatic heterocycles. The molecule has 1 aliphatic rings. The van der Waals surface area contributed by atoms with Gasteiger partial charge in [0.1, 0.15) is 0 Å². The minimum Gasteiger partial charge on any atom is -0.280 e. The van der Waals surface area contributed by atoms with E-state index in [0.717, 1.165) is 16.4 Å². The van der Waals surface area contributed by atoms with Crippen LogP contribution < -0.4 is 9.44 Å². The van der Waals surface area contributed by atoms with Crippen LogP contribution in [0, 0.1) is 3.57 Å². The first-order valence-corrected chi connectivity index (χ1v) is 11.2. The van der Waals surface area contributed by atoms with Gasteiger partial charge in [0, 0.05) is 15.3 Å². The number of rotatable bonds is 6. The van der Waals surface area contributed by atoms with Crippen LogP contribution >= 0.6 is 22.6 Å². The summed E-state index contributed by atoms with van der Waals surface area (Å²) >= 11 is 2.13. The van der Waals surface area contributed by atoms with Gasteiger partial charge >= 0.3 is 0 Å². The highest BCUT2D eigenvalue weighted by atomic mass is 127. The van der Waals surface area contributed by atoms with E-state index in [0.29, 0.717) is 5.69 Å². The average Bonchev–Trinajstić information content (AvgIpc) is 3.33. The largest absolute Gasteiger partial charge is 0.280 e. The number of halogens is 1. The van der Waals surface area contributed by atoms with Gasteiger partial charge in [0.25, 0.3) is 10.0 Å². The molecule has 2 aromatic rings. The Bertz CT molecular complexity index is 936. The number of benzene rings is 2. The molecule has 0 atom stereocenters. The number of anilines is 1. The minimum absolute atomic E-state index is 0.000881. The zero-order chi connectivity index (χ0) is 17.4. The van der Waals surface area contributed by atoms with Crippen LogP contribution in [0.4, 0.5) is 5.69 Å². The summed E-state index contributed by atoms with van der Waals surface area (Å²) in [6, 6.07) is 12.1. The maximum absolute atomic E-state index is 12.4. The monoisotopic (exact) mass is 478 g/mol. The Morgan fingerprint density at radius 1 is 0.792 bits per heavy atom. The molecular weight excluding hydrogens is 463 g/mol. The molecule has 9 heteroatoms. The van der Waals surface area contributed by atoms with Crippen molar-refractivity contribution in [3.05, 3.63) is 52.1 Å². The highest BCUT2D eigenvalue weighted by molar-refractivity contribution is 14.1. The fourth-order valence-corrected chi connectivity index (χ4v) is 4.74. The van der Waals surface area contributed by atoms with Crippen LogP contribution in [0.1, 0.15) is 12.8 Å². The normalized spacial score (nSPS) is 15.2. The lowest BCUT2D eigenvalue weighted by molar-refractivity contribution is 0.580. The topological polar surface area (TPSA) is 92.3 Å². The molecule has 0 amide bonds. The van der Waals surface area contributed by atoms with Crippen LogP contribution in [0.2, 0.25) is 0 Å². The standard InChI is InChI=1S/C15H15IN2O4S2/c16-11-1-3-12(4-2-11)17-23(19,20)14-7-9-15(10-8-14)24(21,22)18-13-5-6-13/h1-4,7-10,13,17-18H,5-6H2. The van der Waals surface area contributed by atoms with E-state index in [1.165, 1.54) is 24.3 Å². The van der Waals surface area contributed by atoms with Crippen LogP contribution in [0.5, 0.6) is 0 Å². The fourth-order valence-electron chi connectivity index (χ4n) is 2.02. The van der Waals surface area contributed by atoms with Gasteiger partial charge in [0.2, 0.25) is 10.0 Å². The van der Waals surface area contributed by atoms with Crippen LogP contribution in [0.25, 0.3) is 0 Å². The Hall–Kier alpha value is -1.17. The summed E-state index contributed by atoms with van der Waals surface area (Å²) in [7, 11) is -7.36. The third-order valence-electron chi connectivity index (χ3n) is 3.44. The molecule has 2 aromatic carbocycles. The second-order valence-electron chi connectivity index (χ2n) is 5.48. The van der Waals surface area contributed by atoms with Crippen molar-refractivity contribution in [3.8, 4) is 0 Å². The van der Waals surface area contributed by atoms with Crippen molar-refractivity contribution in [1.29, 1.82) is 0 Å². The van der Waals surface area contributed by atoms with Gasteiger partial charge in [-0.15, -0.1) is 0 Å². The van der Waals surface area contributed by atoms with E-state index in [1.807, 2.05) is 0 Å².